The van der Waals surface area contributed by atoms with Gasteiger partial charge >= 0.3 is 0 Å². The highest BCUT2D eigenvalue weighted by molar-refractivity contribution is 5.99. The number of halogens is 1. The Labute approximate surface area is 153 Å². The Balaban J connectivity index is 1.89. The van der Waals surface area contributed by atoms with E-state index in [4.69, 9.17) is 0 Å². The summed E-state index contributed by atoms with van der Waals surface area (Å²) in [6.45, 7) is 1.77. The summed E-state index contributed by atoms with van der Waals surface area (Å²) in [5.41, 5.74) is 1.66. The fourth-order valence-corrected chi connectivity index (χ4v) is 2.39. The van der Waals surface area contributed by atoms with E-state index in [9.17, 15) is 14.0 Å². The summed E-state index contributed by atoms with van der Waals surface area (Å²) < 4.78 is 12.9. The van der Waals surface area contributed by atoms with Crippen LogP contribution in [0.15, 0.2) is 48.5 Å². The highest BCUT2D eigenvalue weighted by atomic mass is 19.1. The van der Waals surface area contributed by atoms with Crippen molar-refractivity contribution in [2.24, 2.45) is 0 Å². The highest BCUT2D eigenvalue weighted by Gasteiger charge is 2.10. The Morgan fingerprint density at radius 1 is 0.962 bits per heavy atom. The molecule has 0 saturated heterocycles. The molecular weight excluding hydrogens is 333 g/mol. The maximum atomic E-state index is 12.9. The first-order valence-corrected chi connectivity index (χ1v) is 8.51. The Bertz CT molecular complexity index is 745. The number of benzene rings is 2. The first-order valence-electron chi connectivity index (χ1n) is 8.51. The van der Waals surface area contributed by atoms with E-state index in [0.717, 1.165) is 18.5 Å². The molecule has 5 nitrogen and oxygen atoms in total. The van der Waals surface area contributed by atoms with Crippen molar-refractivity contribution in [3.8, 4) is 0 Å². The number of carbonyl (C=O) groups excluding carboxylic acids is 2. The topological polar surface area (TPSA) is 61.4 Å². The number of nitrogens with zero attached hydrogens (tertiary/aromatic N) is 1. The average Bonchev–Trinajstić information content (AvgIpc) is 2.64. The maximum absolute atomic E-state index is 12.9. The molecule has 0 saturated carbocycles. The van der Waals surface area contributed by atoms with Gasteiger partial charge in [0.05, 0.1) is 0 Å². The third kappa shape index (κ3) is 6.29. The van der Waals surface area contributed by atoms with Crippen molar-refractivity contribution < 1.29 is 14.0 Å². The molecule has 0 aliphatic rings. The van der Waals surface area contributed by atoms with E-state index in [1.54, 1.807) is 36.4 Å². The summed E-state index contributed by atoms with van der Waals surface area (Å²) in [5, 5.41) is 5.62. The minimum absolute atomic E-state index is 0.197. The van der Waals surface area contributed by atoms with Gasteiger partial charge in [-0.25, -0.2) is 4.39 Å². The largest absolute Gasteiger partial charge is 0.352 e. The van der Waals surface area contributed by atoms with Gasteiger partial charge in [0.25, 0.3) is 11.8 Å². The minimum atomic E-state index is -0.315. The van der Waals surface area contributed by atoms with E-state index in [-0.39, 0.29) is 17.6 Å². The third-order valence-electron chi connectivity index (χ3n) is 3.82. The Hall–Kier alpha value is -2.73. The van der Waals surface area contributed by atoms with Gasteiger partial charge in [0.15, 0.2) is 0 Å². The number of nitrogens with one attached hydrogen (secondary N) is 2. The van der Waals surface area contributed by atoms with Crippen LogP contribution < -0.4 is 10.6 Å². The molecule has 0 fully saturated rings. The monoisotopic (exact) mass is 357 g/mol. The summed E-state index contributed by atoms with van der Waals surface area (Å²) in [4.78, 5) is 26.5. The van der Waals surface area contributed by atoms with Gasteiger partial charge in [0.1, 0.15) is 5.82 Å². The Kier molecular flexibility index (Phi) is 7.29. The van der Waals surface area contributed by atoms with Crippen molar-refractivity contribution in [3.05, 3.63) is 71.0 Å². The minimum Gasteiger partial charge on any atom is -0.352 e. The number of hydrogen-bond donors (Lipinski definition) is 2. The zero-order chi connectivity index (χ0) is 18.9. The molecule has 2 aromatic rings. The lowest BCUT2D eigenvalue weighted by Gasteiger charge is -2.10. The molecule has 0 spiro atoms. The molecule has 0 bridgehead atoms. The summed E-state index contributed by atoms with van der Waals surface area (Å²) in [5.74, 6) is -0.794. The molecule has 138 valence electrons. The molecule has 6 heteroatoms. The van der Waals surface area contributed by atoms with Crippen LogP contribution in [0.3, 0.4) is 0 Å². The fourth-order valence-electron chi connectivity index (χ4n) is 2.39. The van der Waals surface area contributed by atoms with E-state index in [1.165, 1.54) is 12.1 Å². The van der Waals surface area contributed by atoms with Gasteiger partial charge in [-0.15, -0.1) is 0 Å². The molecule has 0 radical (unpaired) electrons. The molecule has 0 heterocycles. The van der Waals surface area contributed by atoms with Crippen LogP contribution in [0.1, 0.15) is 32.7 Å². The molecule has 0 unspecified atom stereocenters. The normalized spacial score (nSPS) is 10.6. The van der Waals surface area contributed by atoms with Gasteiger partial charge in [-0.2, -0.15) is 0 Å². The molecule has 2 N–H and O–H groups in total. The second kappa shape index (κ2) is 9.68. The predicted molar refractivity (Wildman–Crippen MR) is 99.5 cm³/mol. The van der Waals surface area contributed by atoms with Crippen molar-refractivity contribution in [1.29, 1.82) is 0 Å². The van der Waals surface area contributed by atoms with Crippen molar-refractivity contribution in [3.63, 3.8) is 0 Å². The number of amides is 2. The SMILES string of the molecule is CN(C)CCCNC(=O)c1cccc(C(=O)NCc2ccc(F)cc2)c1. The van der Waals surface area contributed by atoms with Crippen molar-refractivity contribution in [1.82, 2.24) is 15.5 Å². The van der Waals surface area contributed by atoms with Gasteiger partial charge in [0, 0.05) is 24.2 Å². The first-order chi connectivity index (χ1) is 12.5. The zero-order valence-electron chi connectivity index (χ0n) is 15.1. The second-order valence-corrected chi connectivity index (χ2v) is 6.30. The van der Waals surface area contributed by atoms with Crippen molar-refractivity contribution >= 4 is 11.8 Å². The van der Waals surface area contributed by atoms with Crippen LogP contribution in [0.25, 0.3) is 0 Å². The van der Waals surface area contributed by atoms with Crippen molar-refractivity contribution in [2.75, 3.05) is 27.2 Å². The van der Waals surface area contributed by atoms with Crippen molar-refractivity contribution in [2.45, 2.75) is 13.0 Å². The maximum Gasteiger partial charge on any atom is 0.251 e. The van der Waals surface area contributed by atoms with E-state index < -0.39 is 0 Å². The smallest absolute Gasteiger partial charge is 0.251 e. The molecular formula is C20H24FN3O2. The summed E-state index contributed by atoms with van der Waals surface area (Å²) in [6.07, 6.45) is 0.858. The van der Waals surface area contributed by atoms with Gasteiger partial charge in [-0.05, 0) is 63.0 Å². The molecule has 0 atom stereocenters. The van der Waals surface area contributed by atoms with Crippen LogP contribution in [0.5, 0.6) is 0 Å². The van der Waals surface area contributed by atoms with Gasteiger partial charge in [0.2, 0.25) is 0 Å². The Morgan fingerprint density at radius 3 is 2.19 bits per heavy atom. The summed E-state index contributed by atoms with van der Waals surface area (Å²) in [7, 11) is 3.96. The molecule has 2 amide bonds. The highest BCUT2D eigenvalue weighted by Crippen LogP contribution is 2.07. The van der Waals surface area contributed by atoms with E-state index in [0.29, 0.717) is 24.2 Å². The Morgan fingerprint density at radius 2 is 1.58 bits per heavy atom. The van der Waals surface area contributed by atoms with Crippen LogP contribution >= 0.6 is 0 Å². The molecule has 0 aromatic heterocycles. The van der Waals surface area contributed by atoms with Gasteiger partial charge in [-0.1, -0.05) is 18.2 Å². The first kappa shape index (κ1) is 19.6. The molecule has 2 aromatic carbocycles. The summed E-state index contributed by atoms with van der Waals surface area (Å²) >= 11 is 0. The van der Waals surface area contributed by atoms with Crippen LogP contribution in [0.2, 0.25) is 0 Å². The van der Waals surface area contributed by atoms with E-state index >= 15 is 0 Å². The lowest BCUT2D eigenvalue weighted by Crippen LogP contribution is -2.28. The molecule has 0 aliphatic carbocycles. The number of rotatable bonds is 8. The second-order valence-electron chi connectivity index (χ2n) is 6.30. The number of hydrogen-bond acceptors (Lipinski definition) is 3. The zero-order valence-corrected chi connectivity index (χ0v) is 15.1. The van der Waals surface area contributed by atoms with Gasteiger partial charge < -0.3 is 15.5 Å². The summed E-state index contributed by atoms with van der Waals surface area (Å²) in [6, 6.07) is 12.5. The van der Waals surface area contributed by atoms with Crippen LogP contribution in [0, 0.1) is 5.82 Å². The van der Waals surface area contributed by atoms with Crippen LogP contribution in [-0.2, 0) is 6.54 Å². The third-order valence-corrected chi connectivity index (χ3v) is 3.82. The lowest BCUT2D eigenvalue weighted by atomic mass is 10.1. The quantitative estimate of drug-likeness (QED) is 0.714. The molecule has 2 rings (SSSR count). The van der Waals surface area contributed by atoms with E-state index in [1.807, 2.05) is 14.1 Å². The lowest BCUT2D eigenvalue weighted by molar-refractivity contribution is 0.0950. The van der Waals surface area contributed by atoms with E-state index in [2.05, 4.69) is 15.5 Å². The average molecular weight is 357 g/mol. The molecule has 0 aliphatic heterocycles. The molecule has 26 heavy (non-hydrogen) atoms. The van der Waals surface area contributed by atoms with Crippen LogP contribution in [0.4, 0.5) is 4.39 Å². The number of carbonyl (C=O) groups is 2. The fraction of sp³-hybridized carbons (Fsp3) is 0.300. The predicted octanol–water partition coefficient (Wildman–Crippen LogP) is 2.44. The van der Waals surface area contributed by atoms with Crippen LogP contribution in [-0.4, -0.2) is 43.9 Å². The van der Waals surface area contributed by atoms with Gasteiger partial charge in [-0.3, -0.25) is 9.59 Å². The standard InChI is InChI=1S/C20H24FN3O2/c1-24(2)12-4-11-22-19(25)16-5-3-6-17(13-16)20(26)23-14-15-7-9-18(21)10-8-15/h3,5-10,13H,4,11-12,14H2,1-2H3,(H,22,25)(H,23,26).